The van der Waals surface area contributed by atoms with Crippen molar-refractivity contribution in [1.29, 1.82) is 0 Å². The van der Waals surface area contributed by atoms with E-state index < -0.39 is 0 Å². The monoisotopic (exact) mass is 361 g/mol. The second kappa shape index (κ2) is 9.79. The molecule has 1 aromatic carbocycles. The first-order valence-electron chi connectivity index (χ1n) is 6.59. The molecule has 0 saturated carbocycles. The zero-order valence-electron chi connectivity index (χ0n) is 12.5. The predicted octanol–water partition coefficient (Wildman–Crippen LogP) is 3.21. The number of thiazole rings is 1. The molecule has 2 rings (SSSR count). The molecule has 22 heavy (non-hydrogen) atoms. The van der Waals surface area contributed by atoms with Crippen molar-refractivity contribution in [1.82, 2.24) is 10.3 Å². The number of nitrogens with two attached hydrogens (primary N) is 1. The van der Waals surface area contributed by atoms with Gasteiger partial charge in [-0.15, -0.1) is 36.2 Å². The van der Waals surface area contributed by atoms with Gasteiger partial charge in [-0.1, -0.05) is 30.3 Å². The number of amides is 1. The standard InChI is InChI=1S/C15H19N3OS.2ClH/c1-10-9-17-15(20-10)11(2)18-14(19)13(8-16)12-6-4-3-5-7-12;;/h3-7,9,11,13H,8,16H2,1-2H3,(H,18,19);2*1H. The van der Waals surface area contributed by atoms with E-state index in [2.05, 4.69) is 10.3 Å². The third kappa shape index (κ3) is 5.25. The summed E-state index contributed by atoms with van der Waals surface area (Å²) in [5, 5.41) is 3.90. The molecule has 2 unspecified atom stereocenters. The molecule has 2 atom stereocenters. The molecule has 0 aliphatic rings. The first kappa shape index (κ1) is 20.9. The Morgan fingerprint density at radius 3 is 2.45 bits per heavy atom. The number of benzene rings is 1. The highest BCUT2D eigenvalue weighted by molar-refractivity contribution is 7.11. The summed E-state index contributed by atoms with van der Waals surface area (Å²) in [6.45, 7) is 4.23. The van der Waals surface area contributed by atoms with Gasteiger partial charge in [0.1, 0.15) is 5.01 Å². The van der Waals surface area contributed by atoms with Gasteiger partial charge < -0.3 is 11.1 Å². The predicted molar refractivity (Wildman–Crippen MR) is 96.1 cm³/mol. The smallest absolute Gasteiger partial charge is 0.229 e. The van der Waals surface area contributed by atoms with Crippen molar-refractivity contribution in [2.45, 2.75) is 25.8 Å². The van der Waals surface area contributed by atoms with E-state index in [4.69, 9.17) is 5.73 Å². The zero-order chi connectivity index (χ0) is 14.5. The summed E-state index contributed by atoms with van der Waals surface area (Å²) < 4.78 is 0. The Morgan fingerprint density at radius 2 is 1.95 bits per heavy atom. The highest BCUT2D eigenvalue weighted by Crippen LogP contribution is 2.21. The Balaban J connectivity index is 0.00000220. The Labute approximate surface area is 147 Å². The van der Waals surface area contributed by atoms with Crippen LogP contribution in [0.4, 0.5) is 0 Å². The van der Waals surface area contributed by atoms with E-state index in [9.17, 15) is 4.79 Å². The van der Waals surface area contributed by atoms with Gasteiger partial charge in [0.05, 0.1) is 12.0 Å². The van der Waals surface area contributed by atoms with Gasteiger partial charge in [-0.2, -0.15) is 0 Å². The normalized spacial score (nSPS) is 12.5. The van der Waals surface area contributed by atoms with Crippen LogP contribution in [0.5, 0.6) is 0 Å². The third-order valence-corrected chi connectivity index (χ3v) is 4.22. The summed E-state index contributed by atoms with van der Waals surface area (Å²) in [4.78, 5) is 17.8. The van der Waals surface area contributed by atoms with Crippen LogP contribution in [0.2, 0.25) is 0 Å². The van der Waals surface area contributed by atoms with Crippen molar-refractivity contribution in [3.05, 3.63) is 52.0 Å². The number of carbonyl (C=O) groups is 1. The number of aryl methyl sites for hydroxylation is 1. The summed E-state index contributed by atoms with van der Waals surface area (Å²) in [6.07, 6.45) is 1.82. The molecule has 7 heteroatoms. The van der Waals surface area contributed by atoms with Crippen LogP contribution in [0.15, 0.2) is 36.5 Å². The van der Waals surface area contributed by atoms with Crippen LogP contribution < -0.4 is 11.1 Å². The quantitative estimate of drug-likeness (QED) is 0.858. The van der Waals surface area contributed by atoms with Crippen molar-refractivity contribution < 1.29 is 4.79 Å². The maximum atomic E-state index is 12.4. The second-order valence-corrected chi connectivity index (χ2v) is 6.00. The van der Waals surface area contributed by atoms with E-state index in [0.717, 1.165) is 15.4 Å². The van der Waals surface area contributed by atoms with E-state index in [1.165, 1.54) is 0 Å². The van der Waals surface area contributed by atoms with E-state index in [-0.39, 0.29) is 42.7 Å². The molecular formula is C15H21Cl2N3OS. The number of hydrogen-bond donors (Lipinski definition) is 2. The fourth-order valence-corrected chi connectivity index (χ4v) is 2.80. The largest absolute Gasteiger partial charge is 0.347 e. The molecule has 0 aliphatic carbocycles. The lowest BCUT2D eigenvalue weighted by atomic mass is 9.98. The molecule has 0 fully saturated rings. The summed E-state index contributed by atoms with van der Waals surface area (Å²) in [7, 11) is 0. The van der Waals surface area contributed by atoms with Crippen LogP contribution in [0.25, 0.3) is 0 Å². The topological polar surface area (TPSA) is 68.0 Å². The molecule has 1 amide bonds. The SMILES string of the molecule is Cc1cnc(C(C)NC(=O)C(CN)c2ccccc2)s1.Cl.Cl. The summed E-state index contributed by atoms with van der Waals surface area (Å²) in [5.41, 5.74) is 6.69. The van der Waals surface area contributed by atoms with Gasteiger partial charge >= 0.3 is 0 Å². The van der Waals surface area contributed by atoms with Gasteiger partial charge in [0.15, 0.2) is 0 Å². The minimum atomic E-state index is -0.320. The molecule has 2 aromatic rings. The maximum Gasteiger partial charge on any atom is 0.229 e. The number of rotatable bonds is 5. The summed E-state index contributed by atoms with van der Waals surface area (Å²) in [6, 6.07) is 9.51. The highest BCUT2D eigenvalue weighted by atomic mass is 35.5. The van der Waals surface area contributed by atoms with Crippen LogP contribution in [0.1, 0.15) is 34.3 Å². The van der Waals surface area contributed by atoms with Crippen molar-refractivity contribution >= 4 is 42.1 Å². The number of hydrogen-bond acceptors (Lipinski definition) is 4. The summed E-state index contributed by atoms with van der Waals surface area (Å²) >= 11 is 1.60. The second-order valence-electron chi connectivity index (χ2n) is 4.74. The van der Waals surface area contributed by atoms with E-state index >= 15 is 0 Å². The Kier molecular flexibility index (Phi) is 9.28. The van der Waals surface area contributed by atoms with Gasteiger partial charge in [-0.25, -0.2) is 4.98 Å². The van der Waals surface area contributed by atoms with Gasteiger partial charge in [-0.3, -0.25) is 4.79 Å². The van der Waals surface area contributed by atoms with E-state index in [1.807, 2.05) is 50.4 Å². The third-order valence-electron chi connectivity index (χ3n) is 3.12. The first-order valence-corrected chi connectivity index (χ1v) is 7.41. The summed E-state index contributed by atoms with van der Waals surface area (Å²) in [5.74, 6) is -0.376. The molecule has 4 nitrogen and oxygen atoms in total. The first-order chi connectivity index (χ1) is 9.61. The van der Waals surface area contributed by atoms with Crippen molar-refractivity contribution in [3.63, 3.8) is 0 Å². The fourth-order valence-electron chi connectivity index (χ4n) is 2.03. The van der Waals surface area contributed by atoms with Gasteiger partial charge in [0, 0.05) is 17.6 Å². The zero-order valence-corrected chi connectivity index (χ0v) is 14.9. The lowest BCUT2D eigenvalue weighted by molar-refractivity contribution is -0.123. The Hall–Kier alpha value is -1.14. The average molecular weight is 362 g/mol. The van der Waals surface area contributed by atoms with Crippen LogP contribution in [-0.4, -0.2) is 17.4 Å². The Morgan fingerprint density at radius 1 is 1.32 bits per heavy atom. The van der Waals surface area contributed by atoms with Crippen molar-refractivity contribution in [2.75, 3.05) is 6.54 Å². The minimum Gasteiger partial charge on any atom is -0.347 e. The average Bonchev–Trinajstić information content (AvgIpc) is 2.87. The molecule has 1 heterocycles. The molecular weight excluding hydrogens is 341 g/mol. The van der Waals surface area contributed by atoms with Crippen LogP contribution in [-0.2, 0) is 4.79 Å². The van der Waals surface area contributed by atoms with Crippen LogP contribution in [0.3, 0.4) is 0 Å². The molecule has 0 saturated heterocycles. The van der Waals surface area contributed by atoms with Gasteiger partial charge in [-0.05, 0) is 19.4 Å². The highest BCUT2D eigenvalue weighted by Gasteiger charge is 2.21. The lowest BCUT2D eigenvalue weighted by Gasteiger charge is -2.18. The van der Waals surface area contributed by atoms with Crippen molar-refractivity contribution in [2.24, 2.45) is 5.73 Å². The fraction of sp³-hybridized carbons (Fsp3) is 0.333. The van der Waals surface area contributed by atoms with E-state index in [0.29, 0.717) is 6.54 Å². The van der Waals surface area contributed by atoms with Crippen molar-refractivity contribution in [3.8, 4) is 0 Å². The van der Waals surface area contributed by atoms with Gasteiger partial charge in [0.2, 0.25) is 5.91 Å². The molecule has 3 N–H and O–H groups in total. The number of nitrogens with one attached hydrogen (secondary N) is 1. The molecule has 0 bridgehead atoms. The number of halogens is 2. The molecule has 0 spiro atoms. The maximum absolute atomic E-state index is 12.4. The van der Waals surface area contributed by atoms with E-state index in [1.54, 1.807) is 11.3 Å². The number of aromatic nitrogens is 1. The molecule has 0 aliphatic heterocycles. The molecule has 122 valence electrons. The Bertz CT molecular complexity index is 577. The molecule has 1 aromatic heterocycles. The number of nitrogens with zero attached hydrogens (tertiary/aromatic N) is 1. The lowest BCUT2D eigenvalue weighted by Crippen LogP contribution is -2.35. The van der Waals surface area contributed by atoms with Crippen LogP contribution in [0, 0.1) is 6.92 Å². The minimum absolute atomic E-state index is 0. The van der Waals surface area contributed by atoms with Gasteiger partial charge in [0.25, 0.3) is 0 Å². The molecule has 0 radical (unpaired) electrons. The van der Waals surface area contributed by atoms with Crippen LogP contribution >= 0.6 is 36.2 Å². The number of carbonyl (C=O) groups excluding carboxylic acids is 1.